The maximum Gasteiger partial charge on any atom is 0.135 e. The molecule has 0 bridgehead atoms. The van der Waals surface area contributed by atoms with Crippen LogP contribution in [0.4, 0.5) is 22.7 Å². The fraction of sp³-hybridized carbons (Fsp3) is 0.127. The summed E-state index contributed by atoms with van der Waals surface area (Å²) in [6.07, 6.45) is 2.05. The molecule has 61 heavy (non-hydrogen) atoms. The number of aromatic nitrogens is 2. The molecule has 0 atom stereocenters. The third-order valence-electron chi connectivity index (χ3n) is 12.3. The number of fused-ring (bicyclic) bond motifs is 7. The molecule has 5 nitrogen and oxygen atoms in total. The van der Waals surface area contributed by atoms with Gasteiger partial charge >= 0.3 is 0 Å². The standard InChI is InChI=1S/C55H43N4O.Pt/c1-54(2,3)38-29-40(58-35-57(39-18-10-7-11-19-39)50-22-14-15-23-51(50)58)31-42(30-38)60-41-25-26-44-45-28-37(36-16-8-6-9-17-36)24-27-49(45)59(52(44)32-41)53-33-48-46(34-56-53)43-20-12-13-21-47(43)55(48,4)5;/h6-30,33-35H,1-5H3;/q-3;. The first-order chi connectivity index (χ1) is 29.1. The Morgan fingerprint density at radius 1 is 0.607 bits per heavy atom. The molecule has 3 heterocycles. The van der Waals surface area contributed by atoms with Gasteiger partial charge in [-0.05, 0) is 75.0 Å². The van der Waals surface area contributed by atoms with Gasteiger partial charge in [0, 0.05) is 72.3 Å². The second-order valence-electron chi connectivity index (χ2n) is 17.4. The molecule has 6 heteroatoms. The van der Waals surface area contributed by atoms with Crippen LogP contribution in [-0.2, 0) is 31.9 Å². The van der Waals surface area contributed by atoms with Crippen LogP contribution in [0.25, 0.3) is 49.9 Å². The van der Waals surface area contributed by atoms with E-state index in [4.69, 9.17) is 9.72 Å². The van der Waals surface area contributed by atoms with Crippen LogP contribution in [0.5, 0.6) is 11.5 Å². The predicted octanol–water partition coefficient (Wildman–Crippen LogP) is 14.2. The van der Waals surface area contributed by atoms with Crippen molar-refractivity contribution in [3.8, 4) is 39.6 Å². The fourth-order valence-corrected chi connectivity index (χ4v) is 9.10. The van der Waals surface area contributed by atoms with Crippen LogP contribution in [-0.4, -0.2) is 9.55 Å². The van der Waals surface area contributed by atoms with Crippen molar-refractivity contribution in [3.05, 3.63) is 199 Å². The molecule has 0 saturated heterocycles. The van der Waals surface area contributed by atoms with Gasteiger partial charge in [-0.2, -0.15) is 6.07 Å². The third kappa shape index (κ3) is 6.46. The van der Waals surface area contributed by atoms with Crippen LogP contribution in [0.3, 0.4) is 0 Å². The molecule has 302 valence electrons. The van der Waals surface area contributed by atoms with Crippen LogP contribution in [0.2, 0.25) is 0 Å². The minimum Gasteiger partial charge on any atom is -0.509 e. The molecule has 0 unspecified atom stereocenters. The van der Waals surface area contributed by atoms with Crippen LogP contribution in [0.15, 0.2) is 164 Å². The first-order valence-corrected chi connectivity index (χ1v) is 20.6. The van der Waals surface area contributed by atoms with Crippen molar-refractivity contribution in [3.63, 3.8) is 0 Å². The van der Waals surface area contributed by atoms with Crippen LogP contribution < -0.4 is 14.5 Å². The molecule has 0 spiro atoms. The molecule has 2 aromatic heterocycles. The number of rotatable bonds is 6. The van der Waals surface area contributed by atoms with Gasteiger partial charge in [0.05, 0.1) is 0 Å². The zero-order chi connectivity index (χ0) is 40.8. The molecule has 0 amide bonds. The van der Waals surface area contributed by atoms with Crippen molar-refractivity contribution < 1.29 is 25.8 Å². The number of anilines is 4. The third-order valence-corrected chi connectivity index (χ3v) is 12.3. The monoisotopic (exact) mass is 970 g/mol. The van der Waals surface area contributed by atoms with Gasteiger partial charge in [0.15, 0.2) is 0 Å². The number of benzene rings is 7. The smallest absolute Gasteiger partial charge is 0.135 e. The molecular formula is C55H43N4OPt-3. The molecule has 1 aliphatic heterocycles. The molecule has 0 N–H and O–H groups in total. The number of nitrogens with zero attached hydrogens (tertiary/aromatic N) is 4. The number of ether oxygens (including phenoxy) is 1. The van der Waals surface area contributed by atoms with E-state index in [1.54, 1.807) is 0 Å². The molecular weight excluding hydrogens is 928 g/mol. The summed E-state index contributed by atoms with van der Waals surface area (Å²) in [4.78, 5) is 9.61. The van der Waals surface area contributed by atoms with Gasteiger partial charge in [0.2, 0.25) is 0 Å². The summed E-state index contributed by atoms with van der Waals surface area (Å²) in [6.45, 7) is 13.5. The van der Waals surface area contributed by atoms with Crippen LogP contribution in [0.1, 0.15) is 51.3 Å². The van der Waals surface area contributed by atoms with Gasteiger partial charge in [-0.25, -0.2) is 4.98 Å². The summed E-state index contributed by atoms with van der Waals surface area (Å²) in [7, 11) is 0. The van der Waals surface area contributed by atoms with Gasteiger partial charge in [0.25, 0.3) is 0 Å². The summed E-state index contributed by atoms with van der Waals surface area (Å²) in [5, 5.41) is 2.21. The molecule has 0 radical (unpaired) electrons. The Labute approximate surface area is 372 Å². The van der Waals surface area contributed by atoms with E-state index in [0.717, 1.165) is 61.5 Å². The zero-order valence-electron chi connectivity index (χ0n) is 34.7. The maximum absolute atomic E-state index is 6.85. The van der Waals surface area contributed by atoms with E-state index < -0.39 is 0 Å². The van der Waals surface area contributed by atoms with Crippen LogP contribution in [0, 0.1) is 18.8 Å². The van der Waals surface area contributed by atoms with E-state index >= 15 is 0 Å². The van der Waals surface area contributed by atoms with Gasteiger partial charge in [-0.15, -0.1) is 53.6 Å². The molecule has 11 rings (SSSR count). The average molecular weight is 971 g/mol. The van der Waals surface area contributed by atoms with E-state index in [2.05, 4.69) is 220 Å². The SMILES string of the molecule is CC(C)(C)c1cc(Oc2[c-]c3c(cc2)c2cc(-c4ccccc4)ccc2n3-c2cc3c(cn2)-c2ccccc2C3(C)C)[c-]c(N2[CH-]N(c3ccccc3)c3ccccc32)c1.[Pt]. The second-order valence-corrected chi connectivity index (χ2v) is 17.4. The first kappa shape index (κ1) is 38.8. The van der Waals surface area contributed by atoms with Gasteiger partial charge in [-0.3, -0.25) is 0 Å². The van der Waals surface area contributed by atoms with Crippen molar-refractivity contribution in [2.24, 2.45) is 0 Å². The van der Waals surface area contributed by atoms with Crippen LogP contribution >= 0.6 is 0 Å². The summed E-state index contributed by atoms with van der Waals surface area (Å²) in [5.41, 5.74) is 14.3. The van der Waals surface area contributed by atoms with Crippen molar-refractivity contribution >= 4 is 44.6 Å². The quantitative estimate of drug-likeness (QED) is 0.156. The number of pyridine rings is 1. The van der Waals surface area contributed by atoms with E-state index in [-0.39, 0.29) is 31.9 Å². The predicted molar refractivity (Wildman–Crippen MR) is 246 cm³/mol. The number of para-hydroxylation sites is 3. The molecule has 2 aliphatic rings. The summed E-state index contributed by atoms with van der Waals surface area (Å²) < 4.78 is 9.10. The van der Waals surface area contributed by atoms with Gasteiger partial charge in [0.1, 0.15) is 5.82 Å². The van der Waals surface area contributed by atoms with E-state index in [9.17, 15) is 0 Å². The largest absolute Gasteiger partial charge is 0.509 e. The second kappa shape index (κ2) is 14.6. The zero-order valence-corrected chi connectivity index (χ0v) is 37.0. The summed E-state index contributed by atoms with van der Waals surface area (Å²) in [6, 6.07) is 63.1. The molecule has 9 aromatic rings. The fourth-order valence-electron chi connectivity index (χ4n) is 9.10. The topological polar surface area (TPSA) is 33.5 Å². The Kier molecular flexibility index (Phi) is 9.30. The summed E-state index contributed by atoms with van der Waals surface area (Å²) >= 11 is 0. The van der Waals surface area contributed by atoms with Crippen molar-refractivity contribution in [2.75, 3.05) is 9.80 Å². The van der Waals surface area contributed by atoms with Crippen molar-refractivity contribution in [1.29, 1.82) is 0 Å². The van der Waals surface area contributed by atoms with Crippen molar-refractivity contribution in [1.82, 2.24) is 9.55 Å². The molecule has 1 aliphatic carbocycles. The van der Waals surface area contributed by atoms with Gasteiger partial charge in [-0.1, -0.05) is 137 Å². The number of hydrogen-bond donors (Lipinski definition) is 0. The molecule has 7 aromatic carbocycles. The Hall–Kier alpha value is -6.42. The van der Waals surface area contributed by atoms with E-state index in [1.807, 2.05) is 12.1 Å². The first-order valence-electron chi connectivity index (χ1n) is 20.6. The Balaban J connectivity index is 0.00000445. The normalized spacial score (nSPS) is 13.9. The Morgan fingerprint density at radius 2 is 1.31 bits per heavy atom. The molecule has 0 saturated carbocycles. The summed E-state index contributed by atoms with van der Waals surface area (Å²) in [5.74, 6) is 2.08. The average Bonchev–Trinajstić information content (AvgIpc) is 3.89. The minimum absolute atomic E-state index is 0. The number of hydrogen-bond acceptors (Lipinski definition) is 4. The Morgan fingerprint density at radius 3 is 2.08 bits per heavy atom. The molecule has 0 fully saturated rings. The van der Waals surface area contributed by atoms with E-state index in [0.29, 0.717) is 11.5 Å². The van der Waals surface area contributed by atoms with E-state index in [1.165, 1.54) is 27.8 Å². The van der Waals surface area contributed by atoms with Crippen molar-refractivity contribution in [2.45, 2.75) is 45.4 Å². The maximum atomic E-state index is 6.85. The minimum atomic E-state index is -0.169. The Bertz CT molecular complexity index is 3130. The van der Waals surface area contributed by atoms with Gasteiger partial charge < -0.3 is 19.1 Å².